The predicted molar refractivity (Wildman–Crippen MR) is 141 cm³/mol. The maximum Gasteiger partial charge on any atom is 0.227 e. The standard InChI is InChI=1S/C26H37N3O2S2/c1-7-9-14-31-24-19(11-13-22(29-24)26(4,5)6)16-27-23(30)17(3)18-10-12-20-21(15-18)33-25(28-20)32-8-2/h10-13,15,17,25,28H,7-9,14,16H2,1-6H3,(H,27,30). The van der Waals surface area contributed by atoms with E-state index < -0.39 is 0 Å². The van der Waals surface area contributed by atoms with Gasteiger partial charge in [0, 0.05) is 33.8 Å². The van der Waals surface area contributed by atoms with Crippen LogP contribution in [0.3, 0.4) is 0 Å². The number of ether oxygens (including phenoxy) is 1. The van der Waals surface area contributed by atoms with E-state index in [0.717, 1.165) is 41.1 Å². The molecule has 7 heteroatoms. The lowest BCUT2D eigenvalue weighted by molar-refractivity contribution is -0.122. The Morgan fingerprint density at radius 2 is 2.06 bits per heavy atom. The Hall–Kier alpha value is -1.86. The minimum Gasteiger partial charge on any atom is -0.477 e. The normalized spacial score (nSPS) is 16.1. The lowest BCUT2D eigenvalue weighted by Gasteiger charge is -2.20. The van der Waals surface area contributed by atoms with Gasteiger partial charge in [-0.05, 0) is 42.9 Å². The highest BCUT2D eigenvalue weighted by atomic mass is 32.2. The number of hydrogen-bond donors (Lipinski definition) is 2. The number of carbonyl (C=O) groups is 1. The molecule has 0 fully saturated rings. The lowest BCUT2D eigenvalue weighted by Crippen LogP contribution is -2.28. The molecule has 0 aliphatic carbocycles. The van der Waals surface area contributed by atoms with Crippen molar-refractivity contribution in [1.29, 1.82) is 0 Å². The van der Waals surface area contributed by atoms with Gasteiger partial charge in [0.2, 0.25) is 11.8 Å². The number of amides is 1. The molecule has 1 aliphatic rings. The van der Waals surface area contributed by atoms with E-state index in [1.54, 1.807) is 0 Å². The maximum absolute atomic E-state index is 13.0. The molecule has 2 aromatic rings. The van der Waals surface area contributed by atoms with Gasteiger partial charge in [-0.25, -0.2) is 4.98 Å². The van der Waals surface area contributed by atoms with Crippen LogP contribution < -0.4 is 15.4 Å². The van der Waals surface area contributed by atoms with Crippen molar-refractivity contribution in [2.45, 2.75) is 81.9 Å². The zero-order valence-corrected chi connectivity index (χ0v) is 22.3. The first-order valence-corrected chi connectivity index (χ1v) is 13.8. The minimum absolute atomic E-state index is 0.00444. The van der Waals surface area contributed by atoms with Crippen LogP contribution in [0.25, 0.3) is 0 Å². The van der Waals surface area contributed by atoms with Crippen LogP contribution in [0.2, 0.25) is 0 Å². The molecule has 33 heavy (non-hydrogen) atoms. The number of pyridine rings is 1. The predicted octanol–water partition coefficient (Wildman–Crippen LogP) is 6.53. The summed E-state index contributed by atoms with van der Waals surface area (Å²) in [6.45, 7) is 13.7. The zero-order chi connectivity index (χ0) is 24.0. The van der Waals surface area contributed by atoms with Gasteiger partial charge >= 0.3 is 0 Å². The number of thioether (sulfide) groups is 2. The molecule has 0 bridgehead atoms. The summed E-state index contributed by atoms with van der Waals surface area (Å²) in [5, 5.41) is 6.62. The van der Waals surface area contributed by atoms with Crippen molar-refractivity contribution in [2.75, 3.05) is 17.7 Å². The van der Waals surface area contributed by atoms with Gasteiger partial charge in [0.15, 0.2) is 0 Å². The third-order valence-corrected chi connectivity index (χ3v) is 8.00. The molecule has 1 aliphatic heterocycles. The van der Waals surface area contributed by atoms with Gasteiger partial charge in [-0.2, -0.15) is 0 Å². The van der Waals surface area contributed by atoms with Crippen LogP contribution in [0.1, 0.15) is 77.1 Å². The lowest BCUT2D eigenvalue weighted by atomic mass is 9.91. The van der Waals surface area contributed by atoms with Crippen LogP contribution in [-0.4, -0.2) is 28.0 Å². The van der Waals surface area contributed by atoms with E-state index in [0.29, 0.717) is 23.7 Å². The summed E-state index contributed by atoms with van der Waals surface area (Å²) in [4.78, 5) is 19.0. The Morgan fingerprint density at radius 1 is 1.27 bits per heavy atom. The molecule has 0 radical (unpaired) electrons. The highest BCUT2D eigenvalue weighted by Crippen LogP contribution is 2.43. The number of nitrogens with one attached hydrogen (secondary N) is 2. The molecule has 180 valence electrons. The van der Waals surface area contributed by atoms with Gasteiger partial charge in [-0.15, -0.1) is 11.8 Å². The fourth-order valence-corrected chi connectivity index (χ4v) is 5.85. The smallest absolute Gasteiger partial charge is 0.227 e. The highest BCUT2D eigenvalue weighted by Gasteiger charge is 2.24. The van der Waals surface area contributed by atoms with Crippen molar-refractivity contribution in [3.63, 3.8) is 0 Å². The summed E-state index contributed by atoms with van der Waals surface area (Å²) in [6.07, 6.45) is 2.04. The van der Waals surface area contributed by atoms with Gasteiger partial charge in [-0.1, -0.05) is 64.9 Å². The first-order chi connectivity index (χ1) is 15.7. The Kier molecular flexibility index (Phi) is 8.99. The van der Waals surface area contributed by atoms with Gasteiger partial charge in [0.05, 0.1) is 12.5 Å². The van der Waals surface area contributed by atoms with Crippen molar-refractivity contribution in [3.05, 3.63) is 47.2 Å². The molecule has 1 aromatic carbocycles. The van der Waals surface area contributed by atoms with E-state index >= 15 is 0 Å². The van der Waals surface area contributed by atoms with E-state index in [9.17, 15) is 4.79 Å². The number of hydrogen-bond acceptors (Lipinski definition) is 6. The SMILES string of the molecule is CCCCOc1nc(C(C)(C)C)ccc1CNC(=O)C(C)c1ccc2c(c1)SC(SCC)N2. The van der Waals surface area contributed by atoms with E-state index in [1.807, 2.05) is 42.6 Å². The Bertz CT molecular complexity index is 959. The molecule has 2 heterocycles. The summed E-state index contributed by atoms with van der Waals surface area (Å²) < 4.78 is 6.34. The van der Waals surface area contributed by atoms with Crippen molar-refractivity contribution in [2.24, 2.45) is 0 Å². The molecule has 0 saturated heterocycles. The number of fused-ring (bicyclic) bond motifs is 1. The molecule has 2 atom stereocenters. The third-order valence-electron chi connectivity index (χ3n) is 5.62. The van der Waals surface area contributed by atoms with Crippen LogP contribution >= 0.6 is 23.5 Å². The van der Waals surface area contributed by atoms with Crippen LogP contribution in [-0.2, 0) is 16.8 Å². The van der Waals surface area contributed by atoms with Crippen LogP contribution in [0.5, 0.6) is 5.88 Å². The van der Waals surface area contributed by atoms with Crippen molar-refractivity contribution in [1.82, 2.24) is 10.3 Å². The fraction of sp³-hybridized carbons (Fsp3) is 0.538. The first-order valence-electron chi connectivity index (χ1n) is 11.8. The Labute approximate surface area is 207 Å². The summed E-state index contributed by atoms with van der Waals surface area (Å²) >= 11 is 3.71. The first kappa shape index (κ1) is 25.8. The average Bonchev–Trinajstić information content (AvgIpc) is 3.18. The topological polar surface area (TPSA) is 63.2 Å². The molecule has 0 saturated carbocycles. The molecule has 5 nitrogen and oxygen atoms in total. The summed E-state index contributed by atoms with van der Waals surface area (Å²) in [7, 11) is 0. The van der Waals surface area contributed by atoms with Crippen molar-refractivity contribution < 1.29 is 9.53 Å². The van der Waals surface area contributed by atoms with Crippen molar-refractivity contribution in [3.8, 4) is 5.88 Å². The minimum atomic E-state index is -0.236. The maximum atomic E-state index is 13.0. The number of unbranched alkanes of at least 4 members (excludes halogenated alkanes) is 1. The summed E-state index contributed by atoms with van der Waals surface area (Å²) in [5.74, 6) is 1.47. The zero-order valence-electron chi connectivity index (χ0n) is 20.7. The molecule has 1 amide bonds. The quantitative estimate of drug-likeness (QED) is 0.371. The second-order valence-corrected chi connectivity index (χ2v) is 12.2. The molecule has 0 spiro atoms. The molecule has 2 N–H and O–H groups in total. The fourth-order valence-electron chi connectivity index (χ4n) is 3.47. The van der Waals surface area contributed by atoms with E-state index in [2.05, 4.69) is 63.5 Å². The van der Waals surface area contributed by atoms with Crippen LogP contribution in [0.15, 0.2) is 35.2 Å². The monoisotopic (exact) mass is 487 g/mol. The highest BCUT2D eigenvalue weighted by molar-refractivity contribution is 8.17. The van der Waals surface area contributed by atoms with Crippen LogP contribution in [0, 0.1) is 0 Å². The van der Waals surface area contributed by atoms with Crippen LogP contribution in [0.4, 0.5) is 5.69 Å². The Morgan fingerprint density at radius 3 is 2.76 bits per heavy atom. The van der Waals surface area contributed by atoms with Gasteiger partial charge in [-0.3, -0.25) is 4.79 Å². The largest absolute Gasteiger partial charge is 0.477 e. The number of aromatic nitrogens is 1. The second-order valence-electron chi connectivity index (χ2n) is 9.36. The molecular weight excluding hydrogens is 450 g/mol. The van der Waals surface area contributed by atoms with Gasteiger partial charge in [0.1, 0.15) is 4.71 Å². The average molecular weight is 488 g/mol. The van der Waals surface area contributed by atoms with Gasteiger partial charge < -0.3 is 15.4 Å². The summed E-state index contributed by atoms with van der Waals surface area (Å²) in [6, 6.07) is 10.4. The Balaban J connectivity index is 1.67. The number of carbonyl (C=O) groups excluding carboxylic acids is 1. The number of anilines is 1. The molecule has 1 aromatic heterocycles. The van der Waals surface area contributed by atoms with E-state index in [-0.39, 0.29) is 17.2 Å². The van der Waals surface area contributed by atoms with Crippen molar-refractivity contribution >= 4 is 35.1 Å². The molecule has 3 rings (SSSR count). The van der Waals surface area contributed by atoms with E-state index in [1.165, 1.54) is 4.90 Å². The number of rotatable bonds is 10. The molecular formula is C26H37N3O2S2. The second kappa shape index (κ2) is 11.5. The molecule has 2 unspecified atom stereocenters. The van der Waals surface area contributed by atoms with E-state index in [4.69, 9.17) is 9.72 Å². The van der Waals surface area contributed by atoms with Gasteiger partial charge in [0.25, 0.3) is 0 Å². The number of benzene rings is 1. The number of nitrogens with zero attached hydrogens (tertiary/aromatic N) is 1. The third kappa shape index (κ3) is 6.82. The summed E-state index contributed by atoms with van der Waals surface area (Å²) in [5.41, 5.74) is 4.02.